The molecule has 0 aromatic heterocycles. The molecule has 156 valence electrons. The number of nitrogens with two attached hydrogens (primary N) is 1. The van der Waals surface area contributed by atoms with Crippen LogP contribution < -0.4 is 11.1 Å². The fraction of sp³-hybridized carbons (Fsp3) is 0.158. The van der Waals surface area contributed by atoms with E-state index in [-0.39, 0.29) is 37.8 Å². The van der Waals surface area contributed by atoms with E-state index in [2.05, 4.69) is 5.32 Å². The molecule has 4 amide bonds. The molecule has 7 nitrogen and oxygen atoms in total. The van der Waals surface area contributed by atoms with E-state index in [0.29, 0.717) is 11.1 Å². The SMILES string of the molecule is CC(C(=O)NCc1ccc(C(N)=O)cc1)N1C(=O)c2c(Cl)c(Cl)c(Cl)c(Cl)c2C1=O. The number of fused-ring (bicyclic) bond motifs is 1. The number of benzene rings is 2. The average Bonchev–Trinajstić information content (AvgIpc) is 2.98. The van der Waals surface area contributed by atoms with Crippen LogP contribution in [0.1, 0.15) is 43.6 Å². The second kappa shape index (κ2) is 8.43. The van der Waals surface area contributed by atoms with Crippen LogP contribution >= 0.6 is 46.4 Å². The van der Waals surface area contributed by atoms with Crippen LogP contribution in [-0.4, -0.2) is 34.6 Å². The van der Waals surface area contributed by atoms with E-state index in [0.717, 1.165) is 4.90 Å². The largest absolute Gasteiger partial charge is 0.366 e. The van der Waals surface area contributed by atoms with Crippen molar-refractivity contribution in [3.05, 3.63) is 66.6 Å². The van der Waals surface area contributed by atoms with Crippen molar-refractivity contribution in [3.63, 3.8) is 0 Å². The third-order valence-electron chi connectivity index (χ3n) is 4.60. The number of imide groups is 1. The third kappa shape index (κ3) is 3.74. The van der Waals surface area contributed by atoms with Crippen LogP contribution in [0.25, 0.3) is 0 Å². The molecule has 3 rings (SSSR count). The summed E-state index contributed by atoms with van der Waals surface area (Å²) in [6.07, 6.45) is 0. The molecule has 0 saturated heterocycles. The molecule has 0 fully saturated rings. The lowest BCUT2D eigenvalue weighted by atomic mass is 10.1. The summed E-state index contributed by atoms with van der Waals surface area (Å²) in [6.45, 7) is 1.49. The molecule has 0 radical (unpaired) electrons. The maximum Gasteiger partial charge on any atom is 0.263 e. The van der Waals surface area contributed by atoms with E-state index < -0.39 is 29.7 Å². The third-order valence-corrected chi connectivity index (χ3v) is 6.41. The summed E-state index contributed by atoms with van der Waals surface area (Å²) in [5, 5.41) is 1.91. The normalized spacial score (nSPS) is 14.0. The fourth-order valence-electron chi connectivity index (χ4n) is 2.96. The van der Waals surface area contributed by atoms with E-state index in [9.17, 15) is 19.2 Å². The van der Waals surface area contributed by atoms with Crippen molar-refractivity contribution in [2.24, 2.45) is 5.73 Å². The van der Waals surface area contributed by atoms with Gasteiger partial charge in [-0.3, -0.25) is 24.1 Å². The molecule has 1 unspecified atom stereocenters. The molecule has 0 saturated carbocycles. The summed E-state index contributed by atoms with van der Waals surface area (Å²) in [7, 11) is 0. The highest BCUT2D eigenvalue weighted by Gasteiger charge is 2.45. The van der Waals surface area contributed by atoms with Crippen molar-refractivity contribution < 1.29 is 19.2 Å². The Bertz CT molecular complexity index is 1060. The summed E-state index contributed by atoms with van der Waals surface area (Å²) in [5.74, 6) is -2.75. The number of rotatable bonds is 5. The number of hydrogen-bond donors (Lipinski definition) is 2. The van der Waals surface area contributed by atoms with Gasteiger partial charge >= 0.3 is 0 Å². The van der Waals surface area contributed by atoms with Gasteiger partial charge in [0.1, 0.15) is 6.04 Å². The summed E-state index contributed by atoms with van der Waals surface area (Å²) >= 11 is 24.1. The molecule has 11 heteroatoms. The Morgan fingerprint density at radius 2 is 1.40 bits per heavy atom. The molecular weight excluding hydrogens is 476 g/mol. The predicted octanol–water partition coefficient (Wildman–Crippen LogP) is 3.70. The Balaban J connectivity index is 1.79. The maximum atomic E-state index is 12.8. The lowest BCUT2D eigenvalue weighted by Crippen LogP contribution is -2.47. The summed E-state index contributed by atoms with van der Waals surface area (Å²) < 4.78 is 0. The Kier molecular flexibility index (Phi) is 6.29. The topological polar surface area (TPSA) is 110 Å². The van der Waals surface area contributed by atoms with Gasteiger partial charge < -0.3 is 11.1 Å². The van der Waals surface area contributed by atoms with Crippen LogP contribution in [-0.2, 0) is 11.3 Å². The predicted molar refractivity (Wildman–Crippen MR) is 113 cm³/mol. The van der Waals surface area contributed by atoms with Gasteiger partial charge in [0.15, 0.2) is 0 Å². The van der Waals surface area contributed by atoms with E-state index in [1.807, 2.05) is 0 Å². The van der Waals surface area contributed by atoms with Crippen molar-refractivity contribution in [1.29, 1.82) is 0 Å². The van der Waals surface area contributed by atoms with Gasteiger partial charge in [0.05, 0.1) is 31.2 Å². The highest BCUT2D eigenvalue weighted by molar-refractivity contribution is 6.55. The van der Waals surface area contributed by atoms with Crippen molar-refractivity contribution >= 4 is 70.0 Å². The van der Waals surface area contributed by atoms with Gasteiger partial charge in [-0.1, -0.05) is 58.5 Å². The molecule has 1 atom stereocenters. The van der Waals surface area contributed by atoms with Gasteiger partial charge in [-0.2, -0.15) is 0 Å². The molecule has 0 spiro atoms. The monoisotopic (exact) mass is 487 g/mol. The lowest BCUT2D eigenvalue weighted by molar-refractivity contribution is -0.124. The number of nitrogens with one attached hydrogen (secondary N) is 1. The molecule has 0 bridgehead atoms. The number of amides is 4. The lowest BCUT2D eigenvalue weighted by Gasteiger charge is -2.21. The van der Waals surface area contributed by atoms with Crippen LogP contribution in [0.4, 0.5) is 0 Å². The quantitative estimate of drug-likeness (QED) is 0.379. The Labute approximate surface area is 191 Å². The van der Waals surface area contributed by atoms with Gasteiger partial charge in [0.2, 0.25) is 11.8 Å². The molecule has 1 heterocycles. The number of hydrogen-bond acceptors (Lipinski definition) is 4. The Morgan fingerprint density at radius 3 is 1.83 bits per heavy atom. The highest BCUT2D eigenvalue weighted by Crippen LogP contribution is 2.45. The standard InChI is InChI=1S/C19H13Cl4N3O4/c1-7(17(28)25-6-8-2-4-9(5-3-8)16(24)27)26-18(29)10-11(19(26)30)13(21)15(23)14(22)12(10)20/h2-5,7H,6H2,1H3,(H2,24,27)(H,25,28). The molecule has 2 aromatic rings. The first kappa shape index (κ1) is 22.4. The van der Waals surface area contributed by atoms with Crippen LogP contribution in [0.5, 0.6) is 0 Å². The van der Waals surface area contributed by atoms with Gasteiger partial charge in [-0.05, 0) is 24.6 Å². The molecular formula is C19H13Cl4N3O4. The first-order chi connectivity index (χ1) is 14.1. The molecule has 2 aromatic carbocycles. The highest BCUT2D eigenvalue weighted by atomic mass is 35.5. The van der Waals surface area contributed by atoms with E-state index in [1.165, 1.54) is 19.1 Å². The fourth-order valence-corrected chi connectivity index (χ4v) is 3.97. The number of carbonyl (C=O) groups is 4. The second-order valence-corrected chi connectivity index (χ2v) is 7.95. The van der Waals surface area contributed by atoms with Crippen LogP contribution in [0.3, 0.4) is 0 Å². The molecule has 3 N–H and O–H groups in total. The minimum Gasteiger partial charge on any atom is -0.366 e. The number of halogens is 4. The molecule has 1 aliphatic rings. The van der Waals surface area contributed by atoms with Gasteiger partial charge in [-0.25, -0.2) is 0 Å². The number of carbonyl (C=O) groups excluding carboxylic acids is 4. The Hall–Kier alpha value is -2.32. The first-order valence-electron chi connectivity index (χ1n) is 8.46. The molecule has 0 aliphatic carbocycles. The van der Waals surface area contributed by atoms with Crippen molar-refractivity contribution in [2.75, 3.05) is 0 Å². The zero-order chi connectivity index (χ0) is 22.3. The van der Waals surface area contributed by atoms with E-state index >= 15 is 0 Å². The van der Waals surface area contributed by atoms with Gasteiger partial charge in [-0.15, -0.1) is 0 Å². The second-order valence-electron chi connectivity index (χ2n) is 6.44. The maximum absolute atomic E-state index is 12.8. The van der Waals surface area contributed by atoms with E-state index in [1.54, 1.807) is 12.1 Å². The molecule has 30 heavy (non-hydrogen) atoms. The van der Waals surface area contributed by atoms with Crippen molar-refractivity contribution in [2.45, 2.75) is 19.5 Å². The minimum absolute atomic E-state index is 0.102. The smallest absolute Gasteiger partial charge is 0.263 e. The van der Waals surface area contributed by atoms with Crippen LogP contribution in [0.15, 0.2) is 24.3 Å². The first-order valence-corrected chi connectivity index (χ1v) is 9.97. The summed E-state index contributed by atoms with van der Waals surface area (Å²) in [6, 6.07) is 5.13. The Morgan fingerprint density at radius 1 is 0.933 bits per heavy atom. The van der Waals surface area contributed by atoms with Crippen molar-refractivity contribution in [1.82, 2.24) is 10.2 Å². The average molecular weight is 489 g/mol. The van der Waals surface area contributed by atoms with Crippen LogP contribution in [0, 0.1) is 0 Å². The summed E-state index contributed by atoms with van der Waals surface area (Å²) in [4.78, 5) is 50.0. The minimum atomic E-state index is -1.16. The van der Waals surface area contributed by atoms with E-state index in [4.69, 9.17) is 52.1 Å². The zero-order valence-electron chi connectivity index (χ0n) is 15.3. The van der Waals surface area contributed by atoms with Gasteiger partial charge in [0, 0.05) is 12.1 Å². The van der Waals surface area contributed by atoms with Gasteiger partial charge in [0.25, 0.3) is 11.8 Å². The number of nitrogens with zero attached hydrogens (tertiary/aromatic N) is 1. The summed E-state index contributed by atoms with van der Waals surface area (Å²) in [5.41, 5.74) is 5.82. The van der Waals surface area contributed by atoms with Crippen molar-refractivity contribution in [3.8, 4) is 0 Å². The molecule has 1 aliphatic heterocycles. The van der Waals surface area contributed by atoms with Crippen LogP contribution in [0.2, 0.25) is 20.1 Å². The number of primary amides is 1. The zero-order valence-corrected chi connectivity index (χ0v) is 18.3.